The molecule has 5 heteroatoms. The van der Waals surface area contributed by atoms with Gasteiger partial charge in [0.25, 0.3) is 0 Å². The minimum absolute atomic E-state index is 0.0383. The molecule has 1 aliphatic carbocycles. The van der Waals surface area contributed by atoms with Crippen LogP contribution in [0.1, 0.15) is 25.7 Å². The van der Waals surface area contributed by atoms with Crippen LogP contribution in [-0.2, 0) is 4.79 Å². The number of carbonyl (C=O) groups is 1. The van der Waals surface area contributed by atoms with Gasteiger partial charge < -0.3 is 9.69 Å². The van der Waals surface area contributed by atoms with Gasteiger partial charge >= 0.3 is 0 Å². The second-order valence-electron chi connectivity index (χ2n) is 5.77. The van der Waals surface area contributed by atoms with Gasteiger partial charge in [-0.1, -0.05) is 12.8 Å². The fraction of sp³-hybridized carbons (Fsp3) is 0.714. The molecule has 4 nitrogen and oxygen atoms in total. The molecule has 0 aromatic carbocycles. The first-order valence-electron chi connectivity index (χ1n) is 7.14. The number of hydrogen-bond donors (Lipinski definition) is 0. The van der Waals surface area contributed by atoms with Crippen molar-refractivity contribution in [3.63, 3.8) is 0 Å². The summed E-state index contributed by atoms with van der Waals surface area (Å²) in [6, 6.07) is 0. The van der Waals surface area contributed by atoms with Crippen LogP contribution in [0.4, 0.5) is 5.13 Å². The van der Waals surface area contributed by atoms with Gasteiger partial charge in [0, 0.05) is 49.7 Å². The zero-order valence-corrected chi connectivity index (χ0v) is 12.1. The Morgan fingerprint density at radius 2 is 2.00 bits per heavy atom. The van der Waals surface area contributed by atoms with Crippen molar-refractivity contribution in [3.8, 4) is 0 Å². The van der Waals surface area contributed by atoms with Crippen LogP contribution in [0.2, 0.25) is 0 Å². The minimum atomic E-state index is -0.0383. The Hall–Kier alpha value is -0.940. The van der Waals surface area contributed by atoms with Crippen LogP contribution in [0.3, 0.4) is 0 Å². The summed E-state index contributed by atoms with van der Waals surface area (Å²) < 4.78 is 0. The van der Waals surface area contributed by atoms with Gasteiger partial charge in [0.2, 0.25) is 0 Å². The number of aromatic nitrogens is 1. The van der Waals surface area contributed by atoms with Crippen LogP contribution in [0.25, 0.3) is 0 Å². The minimum Gasteiger partial charge on any atom is -0.346 e. The molecule has 2 aliphatic rings. The number of carbonyl (C=O) groups excluding carboxylic acids is 1. The van der Waals surface area contributed by atoms with Crippen molar-refractivity contribution in [1.82, 2.24) is 9.88 Å². The Kier molecular flexibility index (Phi) is 3.84. The Morgan fingerprint density at radius 3 is 2.58 bits per heavy atom. The standard InChI is InChI=1S/C14H21N3OS/c18-12-14(3-1-2-4-14)11-16-6-8-17(9-7-16)13-15-5-10-19-13/h5,10,12H,1-4,6-9,11H2. The molecular weight excluding hydrogens is 258 g/mol. The van der Waals surface area contributed by atoms with E-state index in [9.17, 15) is 4.79 Å². The molecule has 0 atom stereocenters. The second-order valence-corrected chi connectivity index (χ2v) is 6.64. The maximum atomic E-state index is 11.4. The van der Waals surface area contributed by atoms with Gasteiger partial charge in [0.15, 0.2) is 5.13 Å². The van der Waals surface area contributed by atoms with E-state index in [4.69, 9.17) is 0 Å². The van der Waals surface area contributed by atoms with Crippen molar-refractivity contribution in [2.75, 3.05) is 37.6 Å². The molecule has 0 spiro atoms. The summed E-state index contributed by atoms with van der Waals surface area (Å²) in [6.45, 7) is 5.12. The third kappa shape index (κ3) is 2.82. The molecule has 104 valence electrons. The highest BCUT2D eigenvalue weighted by atomic mass is 32.1. The summed E-state index contributed by atoms with van der Waals surface area (Å²) in [6.07, 6.45) is 7.71. The molecule has 1 saturated heterocycles. The molecule has 0 radical (unpaired) electrons. The quantitative estimate of drug-likeness (QED) is 0.790. The molecule has 0 amide bonds. The summed E-state index contributed by atoms with van der Waals surface area (Å²) in [5.41, 5.74) is -0.0383. The second kappa shape index (κ2) is 5.59. The fourth-order valence-corrected chi connectivity index (χ4v) is 4.00. The summed E-state index contributed by atoms with van der Waals surface area (Å²) in [5.74, 6) is 0. The monoisotopic (exact) mass is 279 g/mol. The SMILES string of the molecule is O=CC1(CN2CCN(c3nccs3)CC2)CCCC1. The van der Waals surface area contributed by atoms with E-state index in [0.29, 0.717) is 0 Å². The molecule has 19 heavy (non-hydrogen) atoms. The number of rotatable bonds is 4. The highest BCUT2D eigenvalue weighted by Gasteiger charge is 2.36. The smallest absolute Gasteiger partial charge is 0.185 e. The molecule has 1 aromatic rings. The average molecular weight is 279 g/mol. The van der Waals surface area contributed by atoms with Gasteiger partial charge in [-0.2, -0.15) is 0 Å². The molecule has 1 aliphatic heterocycles. The first-order chi connectivity index (χ1) is 9.31. The molecule has 1 saturated carbocycles. The van der Waals surface area contributed by atoms with Crippen molar-refractivity contribution >= 4 is 22.8 Å². The molecule has 2 fully saturated rings. The molecule has 0 unspecified atom stereocenters. The maximum Gasteiger partial charge on any atom is 0.185 e. The number of hydrogen-bond acceptors (Lipinski definition) is 5. The van der Waals surface area contributed by atoms with E-state index >= 15 is 0 Å². The lowest BCUT2D eigenvalue weighted by atomic mass is 9.87. The highest BCUT2D eigenvalue weighted by molar-refractivity contribution is 7.13. The summed E-state index contributed by atoms with van der Waals surface area (Å²) in [5, 5.41) is 3.16. The summed E-state index contributed by atoms with van der Waals surface area (Å²) in [4.78, 5) is 20.6. The van der Waals surface area contributed by atoms with Crippen LogP contribution in [0.15, 0.2) is 11.6 Å². The van der Waals surface area contributed by atoms with Gasteiger partial charge in [0.1, 0.15) is 6.29 Å². The number of piperazine rings is 1. The van der Waals surface area contributed by atoms with Crippen LogP contribution in [0, 0.1) is 5.41 Å². The fourth-order valence-electron chi connectivity index (χ4n) is 3.31. The summed E-state index contributed by atoms with van der Waals surface area (Å²) >= 11 is 1.71. The first-order valence-corrected chi connectivity index (χ1v) is 8.02. The molecule has 2 heterocycles. The van der Waals surface area contributed by atoms with Gasteiger partial charge in [-0.15, -0.1) is 11.3 Å². The van der Waals surface area contributed by atoms with Gasteiger partial charge in [0.05, 0.1) is 0 Å². The molecule has 1 aromatic heterocycles. The lowest BCUT2D eigenvalue weighted by Crippen LogP contribution is -2.49. The number of aldehydes is 1. The van der Waals surface area contributed by atoms with Crippen LogP contribution >= 0.6 is 11.3 Å². The third-order valence-electron chi connectivity index (χ3n) is 4.45. The van der Waals surface area contributed by atoms with E-state index in [0.717, 1.165) is 50.7 Å². The molecule has 0 N–H and O–H groups in total. The number of nitrogens with zero attached hydrogens (tertiary/aromatic N) is 3. The topological polar surface area (TPSA) is 36.4 Å². The highest BCUT2D eigenvalue weighted by Crippen LogP contribution is 2.37. The van der Waals surface area contributed by atoms with E-state index in [1.54, 1.807) is 11.3 Å². The van der Waals surface area contributed by atoms with Crippen molar-refractivity contribution in [3.05, 3.63) is 11.6 Å². The van der Waals surface area contributed by atoms with E-state index in [-0.39, 0.29) is 5.41 Å². The molecule has 3 rings (SSSR count). The zero-order chi connectivity index (χ0) is 13.1. The third-order valence-corrected chi connectivity index (χ3v) is 5.28. The number of thiazole rings is 1. The van der Waals surface area contributed by atoms with E-state index < -0.39 is 0 Å². The van der Waals surface area contributed by atoms with Crippen molar-refractivity contribution < 1.29 is 4.79 Å². The molecular formula is C14H21N3OS. The van der Waals surface area contributed by atoms with Crippen LogP contribution in [-0.4, -0.2) is 48.9 Å². The summed E-state index contributed by atoms with van der Waals surface area (Å²) in [7, 11) is 0. The van der Waals surface area contributed by atoms with Crippen molar-refractivity contribution in [2.24, 2.45) is 5.41 Å². The van der Waals surface area contributed by atoms with Gasteiger partial charge in [-0.25, -0.2) is 4.98 Å². The van der Waals surface area contributed by atoms with E-state index in [2.05, 4.69) is 14.8 Å². The molecule has 0 bridgehead atoms. The van der Waals surface area contributed by atoms with E-state index in [1.807, 2.05) is 11.6 Å². The number of anilines is 1. The van der Waals surface area contributed by atoms with E-state index in [1.165, 1.54) is 19.1 Å². The normalized spacial score (nSPS) is 23.7. The largest absolute Gasteiger partial charge is 0.346 e. The lowest BCUT2D eigenvalue weighted by molar-refractivity contribution is -0.117. The predicted molar refractivity (Wildman–Crippen MR) is 77.7 cm³/mol. The average Bonchev–Trinajstić information content (AvgIpc) is 3.11. The maximum absolute atomic E-state index is 11.4. The Morgan fingerprint density at radius 1 is 1.26 bits per heavy atom. The Bertz CT molecular complexity index is 406. The zero-order valence-electron chi connectivity index (χ0n) is 11.3. The van der Waals surface area contributed by atoms with Gasteiger partial charge in [-0.3, -0.25) is 4.90 Å². The van der Waals surface area contributed by atoms with Crippen LogP contribution < -0.4 is 4.90 Å². The lowest BCUT2D eigenvalue weighted by Gasteiger charge is -2.38. The Labute approximate surface area is 118 Å². The van der Waals surface area contributed by atoms with Crippen molar-refractivity contribution in [2.45, 2.75) is 25.7 Å². The Balaban J connectivity index is 1.54. The first kappa shape index (κ1) is 13.1. The predicted octanol–water partition coefficient (Wildman–Crippen LogP) is 2.02. The van der Waals surface area contributed by atoms with Gasteiger partial charge in [-0.05, 0) is 12.8 Å². The van der Waals surface area contributed by atoms with Crippen molar-refractivity contribution in [1.29, 1.82) is 0 Å². The van der Waals surface area contributed by atoms with Crippen LogP contribution in [0.5, 0.6) is 0 Å².